The number of guanidine groups is 1. The highest BCUT2D eigenvalue weighted by Crippen LogP contribution is 2.16. The van der Waals surface area contributed by atoms with Gasteiger partial charge in [-0.2, -0.15) is 0 Å². The van der Waals surface area contributed by atoms with E-state index in [-0.39, 0.29) is 0 Å². The average Bonchev–Trinajstić information content (AvgIpc) is 2.70. The highest BCUT2D eigenvalue weighted by Gasteiger charge is 2.17. The smallest absolute Gasteiger partial charge is 0.191 e. The van der Waals surface area contributed by atoms with E-state index < -0.39 is 0 Å². The Hall–Kier alpha value is -2.18. The Morgan fingerprint density at radius 3 is 2.85 bits per heavy atom. The molecule has 1 aromatic heterocycles. The quantitative estimate of drug-likeness (QED) is 0.613. The maximum absolute atomic E-state index is 5.43. The molecule has 0 amide bonds. The molecule has 0 bridgehead atoms. The topological polar surface area (TPSA) is 61.8 Å². The lowest BCUT2D eigenvalue weighted by Gasteiger charge is -2.32. The van der Waals surface area contributed by atoms with E-state index in [2.05, 4.69) is 58.6 Å². The number of morpholine rings is 1. The molecule has 1 fully saturated rings. The van der Waals surface area contributed by atoms with Gasteiger partial charge >= 0.3 is 0 Å². The number of ether oxygens (including phenoxy) is 1. The molecule has 1 unspecified atom stereocenters. The van der Waals surface area contributed by atoms with Gasteiger partial charge in [-0.3, -0.25) is 9.88 Å². The second-order valence-corrected chi connectivity index (χ2v) is 6.57. The zero-order chi connectivity index (χ0) is 18.2. The van der Waals surface area contributed by atoms with E-state index in [1.165, 1.54) is 0 Å². The number of rotatable bonds is 6. The molecule has 26 heavy (non-hydrogen) atoms. The third-order valence-electron chi connectivity index (χ3n) is 4.70. The SMILES string of the molecule is CCNC(=NCc1cccc2cccnc12)NCC(C)N1CCOCC1. The maximum Gasteiger partial charge on any atom is 0.191 e. The number of nitrogens with zero attached hydrogens (tertiary/aromatic N) is 3. The van der Waals surface area contributed by atoms with Gasteiger partial charge in [0.2, 0.25) is 0 Å². The van der Waals surface area contributed by atoms with E-state index >= 15 is 0 Å². The minimum atomic E-state index is 0.446. The minimum Gasteiger partial charge on any atom is -0.379 e. The first-order valence-electron chi connectivity index (χ1n) is 9.44. The van der Waals surface area contributed by atoms with Gasteiger partial charge in [-0.15, -0.1) is 0 Å². The molecule has 1 aliphatic rings. The summed E-state index contributed by atoms with van der Waals surface area (Å²) in [7, 11) is 0. The van der Waals surface area contributed by atoms with E-state index in [0.29, 0.717) is 12.6 Å². The number of hydrogen-bond donors (Lipinski definition) is 2. The fourth-order valence-electron chi connectivity index (χ4n) is 3.19. The molecule has 1 aliphatic heterocycles. The molecule has 1 atom stereocenters. The van der Waals surface area contributed by atoms with Gasteiger partial charge in [0.1, 0.15) is 0 Å². The van der Waals surface area contributed by atoms with E-state index in [0.717, 1.165) is 61.8 Å². The van der Waals surface area contributed by atoms with Crippen LogP contribution < -0.4 is 10.6 Å². The number of para-hydroxylation sites is 1. The van der Waals surface area contributed by atoms with Gasteiger partial charge < -0.3 is 15.4 Å². The number of aromatic nitrogens is 1. The summed E-state index contributed by atoms with van der Waals surface area (Å²) < 4.78 is 5.43. The first kappa shape index (κ1) is 18.6. The summed E-state index contributed by atoms with van der Waals surface area (Å²) in [6.07, 6.45) is 1.84. The summed E-state index contributed by atoms with van der Waals surface area (Å²) in [6.45, 7) is 10.3. The van der Waals surface area contributed by atoms with Crippen LogP contribution in [0.15, 0.2) is 41.5 Å². The number of aliphatic imine (C=N–C) groups is 1. The predicted octanol–water partition coefficient (Wildman–Crippen LogP) is 2.01. The summed E-state index contributed by atoms with van der Waals surface area (Å²) in [4.78, 5) is 11.7. The van der Waals surface area contributed by atoms with Crippen LogP contribution in [0.3, 0.4) is 0 Å². The summed E-state index contributed by atoms with van der Waals surface area (Å²) in [5.41, 5.74) is 2.16. The van der Waals surface area contributed by atoms with Gasteiger partial charge in [-0.05, 0) is 25.5 Å². The molecule has 0 radical (unpaired) electrons. The molecule has 2 heterocycles. The molecule has 140 valence electrons. The van der Waals surface area contributed by atoms with Crippen LogP contribution in [-0.2, 0) is 11.3 Å². The van der Waals surface area contributed by atoms with Crippen LogP contribution in [0.4, 0.5) is 0 Å². The molecule has 0 saturated carbocycles. The van der Waals surface area contributed by atoms with Gasteiger partial charge in [0.05, 0.1) is 25.3 Å². The van der Waals surface area contributed by atoms with Crippen LogP contribution in [0.25, 0.3) is 10.9 Å². The minimum absolute atomic E-state index is 0.446. The van der Waals surface area contributed by atoms with Gasteiger partial charge in [0.15, 0.2) is 5.96 Å². The largest absolute Gasteiger partial charge is 0.379 e. The van der Waals surface area contributed by atoms with Gasteiger partial charge in [-0.1, -0.05) is 24.3 Å². The summed E-state index contributed by atoms with van der Waals surface area (Å²) in [5.74, 6) is 0.848. The van der Waals surface area contributed by atoms with Crippen molar-refractivity contribution in [2.24, 2.45) is 4.99 Å². The Bertz CT molecular complexity index is 722. The van der Waals surface area contributed by atoms with Gasteiger partial charge in [0.25, 0.3) is 0 Å². The van der Waals surface area contributed by atoms with E-state index in [1.807, 2.05) is 12.3 Å². The lowest BCUT2D eigenvalue weighted by molar-refractivity contribution is 0.0211. The molecule has 1 saturated heterocycles. The van der Waals surface area contributed by atoms with Crippen LogP contribution in [0.1, 0.15) is 19.4 Å². The highest BCUT2D eigenvalue weighted by atomic mass is 16.5. The molecular weight excluding hydrogens is 326 g/mol. The fourth-order valence-corrected chi connectivity index (χ4v) is 3.19. The molecule has 1 aromatic carbocycles. The second-order valence-electron chi connectivity index (χ2n) is 6.57. The molecule has 3 rings (SSSR count). The molecule has 2 N–H and O–H groups in total. The van der Waals surface area contributed by atoms with E-state index in [4.69, 9.17) is 9.73 Å². The van der Waals surface area contributed by atoms with Crippen LogP contribution >= 0.6 is 0 Å². The van der Waals surface area contributed by atoms with Crippen molar-refractivity contribution in [1.29, 1.82) is 0 Å². The first-order valence-corrected chi connectivity index (χ1v) is 9.44. The summed E-state index contributed by atoms with van der Waals surface area (Å²) in [5, 5.41) is 7.96. The lowest BCUT2D eigenvalue weighted by atomic mass is 10.1. The third kappa shape index (κ3) is 4.93. The molecule has 2 aromatic rings. The Balaban J connectivity index is 1.63. The van der Waals surface area contributed by atoms with Crippen LogP contribution in [-0.4, -0.2) is 61.3 Å². The fraction of sp³-hybridized carbons (Fsp3) is 0.500. The molecule has 6 nitrogen and oxygen atoms in total. The zero-order valence-electron chi connectivity index (χ0n) is 15.7. The number of benzene rings is 1. The average molecular weight is 355 g/mol. The van der Waals surface area contributed by atoms with Crippen molar-refractivity contribution < 1.29 is 4.74 Å². The van der Waals surface area contributed by atoms with E-state index in [9.17, 15) is 0 Å². The lowest BCUT2D eigenvalue weighted by Crippen LogP contribution is -2.49. The van der Waals surface area contributed by atoms with Crippen molar-refractivity contribution in [1.82, 2.24) is 20.5 Å². The van der Waals surface area contributed by atoms with Gasteiger partial charge in [-0.25, -0.2) is 4.99 Å². The monoisotopic (exact) mass is 355 g/mol. The Morgan fingerprint density at radius 1 is 1.23 bits per heavy atom. The Kier molecular flexibility index (Phi) is 6.80. The van der Waals surface area contributed by atoms with Crippen LogP contribution in [0, 0.1) is 0 Å². The Morgan fingerprint density at radius 2 is 2.04 bits per heavy atom. The van der Waals surface area contributed by atoms with Crippen LogP contribution in [0.5, 0.6) is 0 Å². The predicted molar refractivity (Wildman–Crippen MR) is 106 cm³/mol. The van der Waals surface area contributed by atoms with Crippen molar-refractivity contribution in [3.05, 3.63) is 42.1 Å². The molecule has 0 spiro atoms. The Labute approximate surface area is 155 Å². The number of pyridine rings is 1. The van der Waals surface area contributed by atoms with Gasteiger partial charge in [0, 0.05) is 43.8 Å². The highest BCUT2D eigenvalue weighted by molar-refractivity contribution is 5.83. The number of fused-ring (bicyclic) bond motifs is 1. The molecule has 0 aliphatic carbocycles. The number of hydrogen-bond acceptors (Lipinski definition) is 4. The normalized spacial score (nSPS) is 17.2. The second kappa shape index (κ2) is 9.50. The maximum atomic E-state index is 5.43. The van der Waals surface area contributed by atoms with Crippen molar-refractivity contribution in [3.63, 3.8) is 0 Å². The standard InChI is InChI=1S/C20H29N5O/c1-3-21-20(23-14-16(2)25-10-12-26-13-11-25)24-15-18-7-4-6-17-8-5-9-22-19(17)18/h4-9,16H,3,10-15H2,1-2H3,(H2,21,23,24). The van der Waals surface area contributed by atoms with Crippen molar-refractivity contribution >= 4 is 16.9 Å². The summed E-state index contributed by atoms with van der Waals surface area (Å²) in [6, 6.07) is 10.7. The number of nitrogens with one attached hydrogen (secondary N) is 2. The van der Waals surface area contributed by atoms with Crippen molar-refractivity contribution in [2.75, 3.05) is 39.4 Å². The molecule has 6 heteroatoms. The molecular formula is C20H29N5O. The van der Waals surface area contributed by atoms with Crippen LogP contribution in [0.2, 0.25) is 0 Å². The summed E-state index contributed by atoms with van der Waals surface area (Å²) >= 11 is 0. The third-order valence-corrected chi connectivity index (χ3v) is 4.70. The van der Waals surface area contributed by atoms with Crippen molar-refractivity contribution in [2.45, 2.75) is 26.4 Å². The van der Waals surface area contributed by atoms with Crippen molar-refractivity contribution in [3.8, 4) is 0 Å². The van der Waals surface area contributed by atoms with E-state index in [1.54, 1.807) is 0 Å². The zero-order valence-corrected chi connectivity index (χ0v) is 15.7. The first-order chi connectivity index (χ1) is 12.8.